The molecule has 0 unspecified atom stereocenters. The summed E-state index contributed by atoms with van der Waals surface area (Å²) in [5.41, 5.74) is 17.9. The first-order valence-electron chi connectivity index (χ1n) is 20.4. The highest BCUT2D eigenvalue weighted by molar-refractivity contribution is 6.09. The molecule has 0 spiro atoms. The molecule has 1 heteroatoms. The van der Waals surface area contributed by atoms with Gasteiger partial charge in [-0.25, -0.2) is 0 Å². The van der Waals surface area contributed by atoms with Crippen LogP contribution in [0.3, 0.4) is 0 Å². The summed E-state index contributed by atoms with van der Waals surface area (Å²) in [5, 5.41) is 2.52. The van der Waals surface area contributed by atoms with Crippen molar-refractivity contribution >= 4 is 27.8 Å². The third-order valence-corrected chi connectivity index (χ3v) is 12.1. The number of anilines is 3. The summed E-state index contributed by atoms with van der Waals surface area (Å²) in [5.74, 6) is 0. The number of nitrogens with zero attached hydrogens (tertiary/aromatic N) is 1. The summed E-state index contributed by atoms with van der Waals surface area (Å²) in [4.78, 5) is 2.53. The lowest BCUT2D eigenvalue weighted by atomic mass is 9.78. The van der Waals surface area contributed by atoms with Crippen molar-refractivity contribution in [3.63, 3.8) is 0 Å². The molecule has 8 rings (SSSR count). The fourth-order valence-electron chi connectivity index (χ4n) is 8.79. The summed E-state index contributed by atoms with van der Waals surface area (Å²) in [6.07, 6.45) is 0. The van der Waals surface area contributed by atoms with E-state index in [1.807, 2.05) is 0 Å². The molecule has 0 saturated carbocycles. The number of para-hydroxylation sites is 1. The molecule has 0 aliphatic heterocycles. The lowest BCUT2D eigenvalue weighted by molar-refractivity contribution is 0.569. The quantitative estimate of drug-likeness (QED) is 0.170. The number of benzene rings is 7. The predicted molar refractivity (Wildman–Crippen MR) is 243 cm³/mol. The average molecular weight is 732 g/mol. The standard InChI is InChI=1S/C55H57N/c1-52(2,3)38-29-31-41(32-30-38)56(49-28-18-26-47-51(49)45-22-12-14-25-46(45)55(47,10)11)48-27-15-13-21-43(48)44-24-17-20-36-19-16-23-42(50(36)44)37-33-39(53(4,5)6)35-40(34-37)54(7,8)9/h12-35H,1-11H3. The Bertz CT molecular complexity index is 2560. The van der Waals surface area contributed by atoms with E-state index in [0.717, 1.165) is 11.4 Å². The number of fused-ring (bicyclic) bond motifs is 4. The molecule has 7 aromatic carbocycles. The average Bonchev–Trinajstić information content (AvgIpc) is 3.40. The second-order valence-electron chi connectivity index (χ2n) is 19.5. The van der Waals surface area contributed by atoms with E-state index in [1.54, 1.807) is 0 Å². The van der Waals surface area contributed by atoms with E-state index < -0.39 is 0 Å². The lowest BCUT2D eigenvalue weighted by Crippen LogP contribution is -2.16. The largest absolute Gasteiger partial charge is 0.309 e. The van der Waals surface area contributed by atoms with Crippen molar-refractivity contribution < 1.29 is 0 Å². The fourth-order valence-corrected chi connectivity index (χ4v) is 8.79. The molecule has 0 fully saturated rings. The van der Waals surface area contributed by atoms with Crippen molar-refractivity contribution in [1.82, 2.24) is 0 Å². The van der Waals surface area contributed by atoms with Crippen LogP contribution in [-0.2, 0) is 21.7 Å². The maximum atomic E-state index is 2.53. The van der Waals surface area contributed by atoms with Gasteiger partial charge in [-0.1, -0.05) is 197 Å². The first-order chi connectivity index (χ1) is 26.4. The van der Waals surface area contributed by atoms with Crippen LogP contribution in [0.1, 0.15) is 104 Å². The van der Waals surface area contributed by atoms with Crippen LogP contribution in [0.4, 0.5) is 17.1 Å². The minimum atomic E-state index is -0.110. The van der Waals surface area contributed by atoms with E-state index in [9.17, 15) is 0 Å². The Morgan fingerprint density at radius 1 is 0.411 bits per heavy atom. The third-order valence-electron chi connectivity index (χ3n) is 12.1. The Hall–Kier alpha value is -5.40. The Balaban J connectivity index is 1.42. The highest BCUT2D eigenvalue weighted by Gasteiger charge is 2.38. The molecule has 56 heavy (non-hydrogen) atoms. The minimum absolute atomic E-state index is 0.0161. The van der Waals surface area contributed by atoms with Crippen molar-refractivity contribution in [3.8, 4) is 33.4 Å². The molecule has 0 aromatic heterocycles. The number of hydrogen-bond donors (Lipinski definition) is 0. The zero-order valence-corrected chi connectivity index (χ0v) is 35.3. The summed E-state index contributed by atoms with van der Waals surface area (Å²) in [7, 11) is 0. The highest BCUT2D eigenvalue weighted by atomic mass is 15.1. The van der Waals surface area contributed by atoms with Crippen LogP contribution in [0.15, 0.2) is 146 Å². The molecule has 0 N–H and O–H groups in total. The molecule has 1 nitrogen and oxygen atoms in total. The monoisotopic (exact) mass is 731 g/mol. The molecule has 0 bridgehead atoms. The summed E-state index contributed by atoms with van der Waals surface area (Å²) >= 11 is 0. The molecular formula is C55H57N. The summed E-state index contributed by atoms with van der Waals surface area (Å²) < 4.78 is 0. The van der Waals surface area contributed by atoms with Crippen LogP contribution in [0.2, 0.25) is 0 Å². The Morgan fingerprint density at radius 3 is 1.54 bits per heavy atom. The molecule has 7 aromatic rings. The van der Waals surface area contributed by atoms with E-state index in [-0.39, 0.29) is 21.7 Å². The number of rotatable bonds is 5. The molecule has 0 amide bonds. The summed E-state index contributed by atoms with van der Waals surface area (Å²) in [6, 6.07) is 55.2. The van der Waals surface area contributed by atoms with Crippen molar-refractivity contribution in [2.75, 3.05) is 4.90 Å². The van der Waals surface area contributed by atoms with Crippen LogP contribution >= 0.6 is 0 Å². The summed E-state index contributed by atoms with van der Waals surface area (Å²) in [6.45, 7) is 25.6. The SMILES string of the molecule is CC(C)(C)c1ccc(N(c2ccccc2-c2cccc3cccc(-c4cc(C(C)(C)C)cc(C(C)(C)C)c4)c23)c2cccc3c2-c2ccccc2C3(C)C)cc1. The number of hydrogen-bond acceptors (Lipinski definition) is 1. The zero-order valence-electron chi connectivity index (χ0n) is 35.3. The first-order valence-corrected chi connectivity index (χ1v) is 20.4. The van der Waals surface area contributed by atoms with Crippen LogP contribution in [0, 0.1) is 0 Å². The topological polar surface area (TPSA) is 3.24 Å². The van der Waals surface area contributed by atoms with Crippen molar-refractivity contribution in [2.24, 2.45) is 0 Å². The first kappa shape index (κ1) is 37.5. The van der Waals surface area contributed by atoms with E-state index >= 15 is 0 Å². The molecule has 0 radical (unpaired) electrons. The second kappa shape index (κ2) is 13.4. The predicted octanol–water partition coefficient (Wildman–Crippen LogP) is 15.8. The van der Waals surface area contributed by atoms with Crippen LogP contribution in [0.5, 0.6) is 0 Å². The molecule has 282 valence electrons. The van der Waals surface area contributed by atoms with Crippen LogP contribution in [-0.4, -0.2) is 0 Å². The third kappa shape index (κ3) is 6.46. The smallest absolute Gasteiger partial charge is 0.0543 e. The van der Waals surface area contributed by atoms with Gasteiger partial charge in [0.1, 0.15) is 0 Å². The van der Waals surface area contributed by atoms with Gasteiger partial charge in [0, 0.05) is 22.2 Å². The van der Waals surface area contributed by atoms with Crippen molar-refractivity contribution in [1.29, 1.82) is 0 Å². The van der Waals surface area contributed by atoms with Gasteiger partial charge in [-0.05, 0) is 101 Å². The van der Waals surface area contributed by atoms with Gasteiger partial charge in [0.2, 0.25) is 0 Å². The van der Waals surface area contributed by atoms with E-state index in [2.05, 4.69) is 227 Å². The van der Waals surface area contributed by atoms with Gasteiger partial charge in [-0.15, -0.1) is 0 Å². The molecule has 1 aliphatic carbocycles. The van der Waals surface area contributed by atoms with E-state index in [4.69, 9.17) is 0 Å². The van der Waals surface area contributed by atoms with Gasteiger partial charge in [-0.2, -0.15) is 0 Å². The minimum Gasteiger partial charge on any atom is -0.309 e. The molecule has 0 heterocycles. The molecule has 0 atom stereocenters. The fraction of sp³-hybridized carbons (Fsp3) is 0.273. The molecule has 0 saturated heterocycles. The Kier molecular flexibility index (Phi) is 8.96. The van der Waals surface area contributed by atoms with E-state index in [0.29, 0.717) is 0 Å². The Labute approximate surface area is 336 Å². The van der Waals surface area contributed by atoms with Crippen LogP contribution < -0.4 is 4.90 Å². The van der Waals surface area contributed by atoms with E-state index in [1.165, 1.54) is 77.7 Å². The van der Waals surface area contributed by atoms with Crippen molar-refractivity contribution in [2.45, 2.75) is 97.8 Å². The zero-order chi connectivity index (χ0) is 39.8. The van der Waals surface area contributed by atoms with Gasteiger partial charge in [0.05, 0.1) is 11.4 Å². The normalized spacial score (nSPS) is 13.8. The maximum absolute atomic E-state index is 2.53. The lowest BCUT2D eigenvalue weighted by Gasteiger charge is -2.31. The molecular weight excluding hydrogens is 675 g/mol. The van der Waals surface area contributed by atoms with Gasteiger partial charge in [0.25, 0.3) is 0 Å². The van der Waals surface area contributed by atoms with Gasteiger partial charge in [-0.3, -0.25) is 0 Å². The Morgan fingerprint density at radius 2 is 0.911 bits per heavy atom. The van der Waals surface area contributed by atoms with Crippen LogP contribution in [0.25, 0.3) is 44.2 Å². The van der Waals surface area contributed by atoms with Gasteiger partial charge < -0.3 is 4.90 Å². The van der Waals surface area contributed by atoms with Gasteiger partial charge >= 0.3 is 0 Å². The maximum Gasteiger partial charge on any atom is 0.0543 e. The van der Waals surface area contributed by atoms with Crippen molar-refractivity contribution in [3.05, 3.63) is 173 Å². The van der Waals surface area contributed by atoms with Gasteiger partial charge in [0.15, 0.2) is 0 Å². The highest BCUT2D eigenvalue weighted by Crippen LogP contribution is 2.55. The second-order valence-corrected chi connectivity index (χ2v) is 19.5. The molecule has 1 aliphatic rings.